The number of aromatic amines is 1. The van der Waals surface area contributed by atoms with Gasteiger partial charge in [0, 0.05) is 53.4 Å². The third kappa shape index (κ3) is 7.85. The summed E-state index contributed by atoms with van der Waals surface area (Å²) < 4.78 is 18.3. The zero-order chi connectivity index (χ0) is 27.4. The molecule has 0 radical (unpaired) electrons. The van der Waals surface area contributed by atoms with E-state index in [4.69, 9.17) is 4.74 Å². The summed E-state index contributed by atoms with van der Waals surface area (Å²) in [6, 6.07) is 5.46. The predicted octanol–water partition coefficient (Wildman–Crippen LogP) is 5.24. The van der Waals surface area contributed by atoms with Gasteiger partial charge in [-0.05, 0) is 57.6 Å². The van der Waals surface area contributed by atoms with E-state index >= 15 is 0 Å². The first-order valence-corrected chi connectivity index (χ1v) is 14.0. The van der Waals surface area contributed by atoms with Gasteiger partial charge in [-0.25, -0.2) is 4.79 Å². The summed E-state index contributed by atoms with van der Waals surface area (Å²) in [6.45, 7) is 13.2. The van der Waals surface area contributed by atoms with E-state index in [0.29, 0.717) is 18.8 Å². The van der Waals surface area contributed by atoms with Gasteiger partial charge in [0.1, 0.15) is 10.5 Å². The standard InChI is InChI=1S/C28H39N3O5S/c1-27(2,3)18-21-20-12-11-19(17-22(20)30-25(21)37(35)28(4,5)6)36-26(34)29-15-9-7-8-10-16-31-23(32)13-14-24(31)33/h11-14,17,30H,7-10,15-16,18H2,1-6H3,(H,29,34)/t37-/m0/s1. The first-order valence-electron chi connectivity index (χ1n) is 12.8. The molecule has 3 rings (SSSR count). The van der Waals surface area contributed by atoms with E-state index in [2.05, 4.69) is 31.1 Å². The lowest BCUT2D eigenvalue weighted by Crippen LogP contribution is -2.30. The van der Waals surface area contributed by atoms with Crippen molar-refractivity contribution >= 4 is 40.0 Å². The normalized spacial score (nSPS) is 15.1. The molecule has 0 aliphatic carbocycles. The maximum atomic E-state index is 13.3. The molecular formula is C28H39N3O5S. The van der Waals surface area contributed by atoms with Crippen molar-refractivity contribution in [3.05, 3.63) is 35.9 Å². The van der Waals surface area contributed by atoms with Crippen molar-refractivity contribution in [1.82, 2.24) is 15.2 Å². The smallest absolute Gasteiger partial charge is 0.412 e. The Kier molecular flexibility index (Phi) is 9.13. The van der Waals surface area contributed by atoms with Crippen LogP contribution in [-0.2, 0) is 27.2 Å². The summed E-state index contributed by atoms with van der Waals surface area (Å²) in [4.78, 5) is 40.0. The van der Waals surface area contributed by atoms with Gasteiger partial charge in [-0.15, -0.1) is 0 Å². The van der Waals surface area contributed by atoms with Gasteiger partial charge in [0.15, 0.2) is 0 Å². The van der Waals surface area contributed by atoms with E-state index in [1.807, 2.05) is 26.8 Å². The molecular weight excluding hydrogens is 490 g/mol. The molecule has 0 spiro atoms. The van der Waals surface area contributed by atoms with Crippen LogP contribution in [0.3, 0.4) is 0 Å². The minimum Gasteiger partial charge on any atom is -0.610 e. The van der Waals surface area contributed by atoms with Gasteiger partial charge in [-0.2, -0.15) is 0 Å². The van der Waals surface area contributed by atoms with Crippen molar-refractivity contribution in [3.63, 3.8) is 0 Å². The number of unbranched alkanes of at least 4 members (excludes halogenated alkanes) is 3. The summed E-state index contributed by atoms with van der Waals surface area (Å²) in [7, 11) is 0. The van der Waals surface area contributed by atoms with Crippen LogP contribution >= 0.6 is 0 Å². The largest absolute Gasteiger partial charge is 0.610 e. The summed E-state index contributed by atoms with van der Waals surface area (Å²) in [5.74, 6) is -0.0951. The Morgan fingerprint density at radius 1 is 1.03 bits per heavy atom. The van der Waals surface area contributed by atoms with Crippen molar-refractivity contribution < 1.29 is 23.7 Å². The van der Waals surface area contributed by atoms with E-state index in [0.717, 1.165) is 53.6 Å². The monoisotopic (exact) mass is 529 g/mol. The highest BCUT2D eigenvalue weighted by molar-refractivity contribution is 7.92. The molecule has 2 N–H and O–H groups in total. The average Bonchev–Trinajstić information content (AvgIpc) is 3.29. The van der Waals surface area contributed by atoms with Crippen LogP contribution in [0.2, 0.25) is 0 Å². The fourth-order valence-electron chi connectivity index (χ4n) is 4.18. The maximum Gasteiger partial charge on any atom is 0.412 e. The van der Waals surface area contributed by atoms with E-state index < -0.39 is 22.0 Å². The Hall–Kier alpha value is -2.78. The van der Waals surface area contributed by atoms with Crippen LogP contribution < -0.4 is 10.1 Å². The number of nitrogens with one attached hydrogen (secondary N) is 2. The minimum absolute atomic E-state index is 0.0151. The molecule has 0 unspecified atom stereocenters. The molecule has 1 aliphatic rings. The van der Waals surface area contributed by atoms with E-state index in [-0.39, 0.29) is 17.2 Å². The molecule has 2 aromatic rings. The lowest BCUT2D eigenvalue weighted by atomic mass is 9.88. The van der Waals surface area contributed by atoms with E-state index in [9.17, 15) is 18.9 Å². The first kappa shape index (κ1) is 28.8. The molecule has 2 heterocycles. The Balaban J connectivity index is 1.52. The number of benzene rings is 1. The third-order valence-electron chi connectivity index (χ3n) is 5.98. The Morgan fingerprint density at radius 2 is 1.68 bits per heavy atom. The van der Waals surface area contributed by atoms with Gasteiger partial charge >= 0.3 is 6.09 Å². The predicted molar refractivity (Wildman–Crippen MR) is 146 cm³/mol. The zero-order valence-corrected chi connectivity index (χ0v) is 23.5. The highest BCUT2D eigenvalue weighted by Gasteiger charge is 2.34. The molecule has 1 aliphatic heterocycles. The fourth-order valence-corrected chi connectivity index (χ4v) is 5.40. The SMILES string of the molecule is CC(C)(C)Cc1c([S@+]([O-])C(C)(C)C)[nH]c2cc(OC(=O)NCCCCCCN3C(=O)C=CC3=O)ccc12. The minimum atomic E-state index is -1.22. The zero-order valence-electron chi connectivity index (χ0n) is 22.7. The summed E-state index contributed by atoms with van der Waals surface area (Å²) in [6.07, 6.45) is 6.05. The number of hydrogen-bond donors (Lipinski definition) is 2. The van der Waals surface area contributed by atoms with Crippen LogP contribution in [0.5, 0.6) is 5.75 Å². The van der Waals surface area contributed by atoms with Crippen LogP contribution in [0.25, 0.3) is 10.9 Å². The average molecular weight is 530 g/mol. The molecule has 0 bridgehead atoms. The number of amides is 3. The molecule has 1 aromatic heterocycles. The van der Waals surface area contributed by atoms with Crippen LogP contribution in [0, 0.1) is 5.41 Å². The summed E-state index contributed by atoms with van der Waals surface area (Å²) >= 11 is -1.22. The highest BCUT2D eigenvalue weighted by Crippen LogP contribution is 2.37. The molecule has 9 heteroatoms. The Labute approximate surface area is 222 Å². The molecule has 0 saturated carbocycles. The quantitative estimate of drug-likeness (QED) is 0.248. The molecule has 1 aromatic carbocycles. The van der Waals surface area contributed by atoms with Gasteiger partial charge < -0.3 is 19.6 Å². The second-order valence-electron chi connectivity index (χ2n) is 11.7. The number of aromatic nitrogens is 1. The Bertz CT molecular complexity index is 1150. The van der Waals surface area contributed by atoms with Gasteiger partial charge in [-0.1, -0.05) is 33.6 Å². The number of hydrogen-bond acceptors (Lipinski definition) is 5. The molecule has 0 fully saturated rings. The number of ether oxygens (including phenoxy) is 1. The Morgan fingerprint density at radius 3 is 2.30 bits per heavy atom. The molecule has 202 valence electrons. The highest BCUT2D eigenvalue weighted by atomic mass is 32.2. The van der Waals surface area contributed by atoms with Crippen molar-refractivity contribution in [2.75, 3.05) is 13.1 Å². The fraction of sp³-hybridized carbons (Fsp3) is 0.536. The number of H-pyrrole nitrogens is 1. The molecule has 8 nitrogen and oxygen atoms in total. The van der Waals surface area contributed by atoms with Crippen LogP contribution in [0.15, 0.2) is 35.4 Å². The first-order chi connectivity index (χ1) is 17.3. The number of carbonyl (C=O) groups is 3. The molecule has 1 atom stereocenters. The number of nitrogens with zero attached hydrogens (tertiary/aromatic N) is 1. The summed E-state index contributed by atoms with van der Waals surface area (Å²) in [5.41, 5.74) is 1.85. The third-order valence-corrected chi connectivity index (χ3v) is 7.81. The van der Waals surface area contributed by atoms with Crippen LogP contribution in [0.1, 0.15) is 72.8 Å². The second-order valence-corrected chi connectivity index (χ2v) is 13.8. The number of fused-ring (bicyclic) bond motifs is 1. The van der Waals surface area contributed by atoms with Gasteiger partial charge in [0.25, 0.3) is 11.8 Å². The van der Waals surface area contributed by atoms with Crippen molar-refractivity contribution in [2.45, 2.75) is 83.4 Å². The summed E-state index contributed by atoms with van der Waals surface area (Å²) in [5, 5.41) is 4.48. The lowest BCUT2D eigenvalue weighted by Gasteiger charge is -2.25. The van der Waals surface area contributed by atoms with Gasteiger partial charge in [0.2, 0.25) is 5.03 Å². The second kappa shape index (κ2) is 11.7. The van der Waals surface area contributed by atoms with Crippen LogP contribution in [0.4, 0.5) is 4.79 Å². The van der Waals surface area contributed by atoms with Crippen molar-refractivity contribution in [1.29, 1.82) is 0 Å². The van der Waals surface area contributed by atoms with Gasteiger partial charge in [-0.3, -0.25) is 14.5 Å². The van der Waals surface area contributed by atoms with Gasteiger partial charge in [0.05, 0.1) is 5.52 Å². The van der Waals surface area contributed by atoms with Crippen molar-refractivity contribution in [2.24, 2.45) is 5.41 Å². The number of rotatable bonds is 10. The number of carbonyl (C=O) groups excluding carboxylic acids is 3. The van der Waals surface area contributed by atoms with E-state index in [1.165, 1.54) is 17.1 Å². The topological polar surface area (TPSA) is 115 Å². The lowest BCUT2D eigenvalue weighted by molar-refractivity contribution is -0.136. The molecule has 37 heavy (non-hydrogen) atoms. The molecule has 3 amide bonds. The van der Waals surface area contributed by atoms with E-state index in [1.54, 1.807) is 12.1 Å². The molecule has 0 saturated heterocycles. The van der Waals surface area contributed by atoms with Crippen molar-refractivity contribution in [3.8, 4) is 5.75 Å². The van der Waals surface area contributed by atoms with Crippen LogP contribution in [-0.4, -0.2) is 50.2 Å². The number of imide groups is 1. The maximum absolute atomic E-state index is 13.3.